The molecule has 1 atom stereocenters. The van der Waals surface area contributed by atoms with Gasteiger partial charge in [0.1, 0.15) is 17.3 Å². The van der Waals surface area contributed by atoms with E-state index in [1.165, 1.54) is 0 Å². The van der Waals surface area contributed by atoms with E-state index in [4.69, 9.17) is 14.5 Å². The molecule has 0 radical (unpaired) electrons. The van der Waals surface area contributed by atoms with E-state index < -0.39 is 0 Å². The number of para-hydroxylation sites is 2. The first-order valence-corrected chi connectivity index (χ1v) is 11.2. The van der Waals surface area contributed by atoms with Crippen molar-refractivity contribution in [3.63, 3.8) is 0 Å². The lowest BCUT2D eigenvalue weighted by molar-refractivity contribution is 0.0937. The van der Waals surface area contributed by atoms with Crippen molar-refractivity contribution < 1.29 is 14.3 Å². The molecule has 0 spiro atoms. The molecule has 4 rings (SSSR count). The van der Waals surface area contributed by atoms with Crippen molar-refractivity contribution >= 4 is 16.9 Å². The van der Waals surface area contributed by atoms with Crippen LogP contribution in [0.2, 0.25) is 0 Å². The Hall–Kier alpha value is -3.80. The molecule has 4 aromatic rings. The zero-order valence-electron chi connectivity index (χ0n) is 19.0. The van der Waals surface area contributed by atoms with Crippen molar-refractivity contribution in [1.29, 1.82) is 0 Å². The van der Waals surface area contributed by atoms with Gasteiger partial charge in [0.15, 0.2) is 0 Å². The van der Waals surface area contributed by atoms with Crippen LogP contribution in [-0.2, 0) is 6.54 Å². The number of aryl methyl sites for hydroxylation is 1. The summed E-state index contributed by atoms with van der Waals surface area (Å²) in [5.41, 5.74) is 2.65. The Morgan fingerprint density at radius 1 is 0.939 bits per heavy atom. The van der Waals surface area contributed by atoms with E-state index in [9.17, 15) is 4.79 Å². The minimum Gasteiger partial charge on any atom is -0.497 e. The molecule has 0 fully saturated rings. The van der Waals surface area contributed by atoms with E-state index in [2.05, 4.69) is 16.0 Å². The molecule has 6 nitrogen and oxygen atoms in total. The number of unbranched alkanes of at least 4 members (excludes halogenated alkanes) is 1. The summed E-state index contributed by atoms with van der Waals surface area (Å²) in [4.78, 5) is 17.5. The van der Waals surface area contributed by atoms with Gasteiger partial charge < -0.3 is 19.4 Å². The van der Waals surface area contributed by atoms with Crippen LogP contribution < -0.4 is 14.8 Å². The third kappa shape index (κ3) is 5.52. The average molecular weight is 444 g/mol. The molecule has 3 aromatic carbocycles. The smallest absolute Gasteiger partial charge is 0.251 e. The molecule has 1 aromatic heterocycles. The molecular formula is C27H29N3O3. The Bertz CT molecular complexity index is 1190. The first kappa shape index (κ1) is 22.4. The van der Waals surface area contributed by atoms with Gasteiger partial charge in [0.25, 0.3) is 5.91 Å². The van der Waals surface area contributed by atoms with Crippen LogP contribution in [0.3, 0.4) is 0 Å². The Kier molecular flexibility index (Phi) is 7.25. The van der Waals surface area contributed by atoms with Crippen LogP contribution in [0.25, 0.3) is 11.0 Å². The molecule has 170 valence electrons. The van der Waals surface area contributed by atoms with E-state index in [1.54, 1.807) is 7.11 Å². The molecule has 6 heteroatoms. The fraction of sp³-hybridized carbons (Fsp3) is 0.259. The second kappa shape index (κ2) is 10.7. The average Bonchev–Trinajstić information content (AvgIpc) is 3.23. The number of methoxy groups -OCH3 is 1. The van der Waals surface area contributed by atoms with Crippen molar-refractivity contribution in [1.82, 2.24) is 14.9 Å². The summed E-state index contributed by atoms with van der Waals surface area (Å²) in [5, 5.41) is 3.09. The summed E-state index contributed by atoms with van der Waals surface area (Å²) in [6.07, 6.45) is 1.84. The molecule has 33 heavy (non-hydrogen) atoms. The van der Waals surface area contributed by atoms with Gasteiger partial charge in [-0.3, -0.25) is 4.79 Å². The predicted molar refractivity (Wildman–Crippen MR) is 130 cm³/mol. The van der Waals surface area contributed by atoms with Crippen molar-refractivity contribution in [3.8, 4) is 11.5 Å². The van der Waals surface area contributed by atoms with Crippen LogP contribution in [-0.4, -0.2) is 29.2 Å². The SMILES string of the molecule is COc1ccc(OCCCCn2c(C(C)NC(=O)c3ccccc3)nc3ccccc32)cc1. The monoisotopic (exact) mass is 443 g/mol. The van der Waals surface area contributed by atoms with E-state index in [1.807, 2.05) is 79.7 Å². The van der Waals surface area contributed by atoms with Gasteiger partial charge >= 0.3 is 0 Å². The van der Waals surface area contributed by atoms with Crippen molar-refractivity contribution in [2.24, 2.45) is 0 Å². The van der Waals surface area contributed by atoms with Crippen LogP contribution in [0.1, 0.15) is 42.0 Å². The highest BCUT2D eigenvalue weighted by Crippen LogP contribution is 2.22. The zero-order chi connectivity index (χ0) is 23.0. The van der Waals surface area contributed by atoms with Crippen LogP contribution in [0, 0.1) is 0 Å². The normalized spacial score (nSPS) is 11.8. The second-order valence-electron chi connectivity index (χ2n) is 7.90. The lowest BCUT2D eigenvalue weighted by atomic mass is 10.2. The molecule has 1 heterocycles. The van der Waals surface area contributed by atoms with Gasteiger partial charge in [-0.15, -0.1) is 0 Å². The zero-order valence-corrected chi connectivity index (χ0v) is 19.0. The highest BCUT2D eigenvalue weighted by molar-refractivity contribution is 5.94. The van der Waals surface area contributed by atoms with Crippen molar-refractivity contribution in [2.45, 2.75) is 32.4 Å². The van der Waals surface area contributed by atoms with Gasteiger partial charge in [-0.1, -0.05) is 30.3 Å². The first-order chi connectivity index (χ1) is 16.2. The molecule has 1 N–H and O–H groups in total. The minimum atomic E-state index is -0.222. The molecule has 1 amide bonds. The van der Waals surface area contributed by atoms with Gasteiger partial charge in [-0.2, -0.15) is 0 Å². The van der Waals surface area contributed by atoms with Crippen molar-refractivity contribution in [3.05, 3.63) is 90.3 Å². The number of rotatable bonds is 10. The Balaban J connectivity index is 1.39. The standard InChI is InChI=1S/C27H29N3O3/c1-20(28-27(31)21-10-4-3-5-11-21)26-29-24-12-6-7-13-25(24)30(26)18-8-9-19-33-23-16-14-22(32-2)15-17-23/h3-7,10-17,20H,8-9,18-19H2,1-2H3,(H,28,31). The van der Waals surface area contributed by atoms with E-state index in [0.29, 0.717) is 12.2 Å². The van der Waals surface area contributed by atoms with Gasteiger partial charge in [-0.25, -0.2) is 4.98 Å². The number of fused-ring (bicyclic) bond motifs is 1. The molecule has 0 aliphatic heterocycles. The third-order valence-electron chi connectivity index (χ3n) is 5.56. The Morgan fingerprint density at radius 3 is 2.39 bits per heavy atom. The summed E-state index contributed by atoms with van der Waals surface area (Å²) in [6.45, 7) is 3.41. The summed E-state index contributed by atoms with van der Waals surface area (Å²) in [7, 11) is 1.65. The van der Waals surface area contributed by atoms with Crippen LogP contribution in [0.5, 0.6) is 11.5 Å². The van der Waals surface area contributed by atoms with Crippen molar-refractivity contribution in [2.75, 3.05) is 13.7 Å². The van der Waals surface area contributed by atoms with Gasteiger partial charge in [0.05, 0.1) is 30.8 Å². The highest BCUT2D eigenvalue weighted by atomic mass is 16.5. The van der Waals surface area contributed by atoms with E-state index in [-0.39, 0.29) is 11.9 Å². The van der Waals surface area contributed by atoms with Gasteiger partial charge in [-0.05, 0) is 68.3 Å². The largest absolute Gasteiger partial charge is 0.497 e. The fourth-order valence-electron chi connectivity index (χ4n) is 3.83. The number of hydrogen-bond donors (Lipinski definition) is 1. The molecule has 0 aliphatic rings. The number of hydrogen-bond acceptors (Lipinski definition) is 4. The molecule has 0 bridgehead atoms. The second-order valence-corrected chi connectivity index (χ2v) is 7.90. The fourth-order valence-corrected chi connectivity index (χ4v) is 3.83. The Morgan fingerprint density at radius 2 is 1.64 bits per heavy atom. The Labute approximate surface area is 194 Å². The van der Waals surface area contributed by atoms with Crippen LogP contribution in [0.15, 0.2) is 78.9 Å². The lowest BCUT2D eigenvalue weighted by Gasteiger charge is -2.16. The van der Waals surface area contributed by atoms with Gasteiger partial charge in [0.2, 0.25) is 0 Å². The first-order valence-electron chi connectivity index (χ1n) is 11.2. The quantitative estimate of drug-likeness (QED) is 0.334. The summed E-state index contributed by atoms with van der Waals surface area (Å²) >= 11 is 0. The molecular weight excluding hydrogens is 414 g/mol. The maximum atomic E-state index is 12.7. The summed E-state index contributed by atoms with van der Waals surface area (Å²) in [6, 6.07) is 24.7. The predicted octanol–water partition coefficient (Wildman–Crippen LogP) is 5.40. The number of imidazole rings is 1. The number of carbonyl (C=O) groups is 1. The number of nitrogens with one attached hydrogen (secondary N) is 1. The molecule has 0 saturated heterocycles. The maximum Gasteiger partial charge on any atom is 0.251 e. The lowest BCUT2D eigenvalue weighted by Crippen LogP contribution is -2.28. The van der Waals surface area contributed by atoms with E-state index >= 15 is 0 Å². The van der Waals surface area contributed by atoms with E-state index in [0.717, 1.165) is 47.7 Å². The highest BCUT2D eigenvalue weighted by Gasteiger charge is 2.18. The number of ether oxygens (including phenoxy) is 2. The molecule has 1 unspecified atom stereocenters. The number of nitrogens with zero attached hydrogens (tertiary/aromatic N) is 2. The summed E-state index contributed by atoms with van der Waals surface area (Å²) in [5.74, 6) is 2.41. The van der Waals surface area contributed by atoms with Gasteiger partial charge in [0, 0.05) is 12.1 Å². The number of aromatic nitrogens is 2. The molecule has 0 saturated carbocycles. The van der Waals surface area contributed by atoms with Crippen LogP contribution >= 0.6 is 0 Å². The summed E-state index contributed by atoms with van der Waals surface area (Å²) < 4.78 is 13.2. The minimum absolute atomic E-state index is 0.102. The molecule has 0 aliphatic carbocycles. The topological polar surface area (TPSA) is 65.4 Å². The number of carbonyl (C=O) groups excluding carboxylic acids is 1. The number of amides is 1. The van der Waals surface area contributed by atoms with Crippen LogP contribution in [0.4, 0.5) is 0 Å². The number of benzene rings is 3. The third-order valence-corrected chi connectivity index (χ3v) is 5.56. The maximum absolute atomic E-state index is 12.7.